The molecule has 0 aromatic heterocycles. The number of Topliss-reactive ketones (excluding diaryl/α,β-unsaturated/α-hetero) is 2. The van der Waals surface area contributed by atoms with Crippen LogP contribution in [0.25, 0.3) is 5.76 Å². The highest BCUT2D eigenvalue weighted by Gasteiger charge is 2.67. The first kappa shape index (κ1) is 26.6. The van der Waals surface area contributed by atoms with Gasteiger partial charge < -0.3 is 31.1 Å². The highest BCUT2D eigenvalue weighted by molar-refractivity contribution is 6.25. The van der Waals surface area contributed by atoms with Gasteiger partial charge in [0.05, 0.1) is 11.7 Å². The number of phenols is 1. The van der Waals surface area contributed by atoms with Crippen LogP contribution in [-0.4, -0.2) is 74.6 Å². The van der Waals surface area contributed by atoms with Crippen LogP contribution in [0, 0.1) is 36.5 Å². The molecule has 0 saturated heterocycles. The summed E-state index contributed by atoms with van der Waals surface area (Å²) in [5.74, 6) is -1.43. The van der Waals surface area contributed by atoms with E-state index in [9.17, 15) is 34.8 Å². The van der Waals surface area contributed by atoms with E-state index in [4.69, 9.17) is 5.73 Å². The third kappa shape index (κ3) is 3.87. The molecule has 0 radical (unpaired) electrons. The van der Waals surface area contributed by atoms with E-state index in [1.165, 1.54) is 6.07 Å². The first-order valence-corrected chi connectivity index (χ1v) is 12.7. The quantitative estimate of drug-likeness (QED) is 0.282. The first-order valence-electron chi connectivity index (χ1n) is 12.7. The second kappa shape index (κ2) is 9.35. The van der Waals surface area contributed by atoms with Crippen LogP contribution >= 0.6 is 0 Å². The van der Waals surface area contributed by atoms with Gasteiger partial charge in [-0.15, -0.1) is 0 Å². The number of rotatable bonds is 2. The number of benzene rings is 2. The summed E-state index contributed by atoms with van der Waals surface area (Å²) in [6.07, 6.45) is -1.28. The molecule has 0 bridgehead atoms. The maximum absolute atomic E-state index is 13.9. The topological polar surface area (TPSA) is 161 Å². The van der Waals surface area contributed by atoms with Gasteiger partial charge in [0.2, 0.25) is 11.7 Å². The van der Waals surface area contributed by atoms with Crippen molar-refractivity contribution in [1.82, 2.24) is 4.90 Å². The minimum absolute atomic E-state index is 0.0205. The Morgan fingerprint density at radius 3 is 2.38 bits per heavy atom. The average Bonchev–Trinajstić information content (AvgIpc) is 2.86. The van der Waals surface area contributed by atoms with Crippen LogP contribution in [0.15, 0.2) is 42.0 Å². The van der Waals surface area contributed by atoms with Gasteiger partial charge in [-0.05, 0) is 69.1 Å². The summed E-state index contributed by atoms with van der Waals surface area (Å²) < 4.78 is 0. The molecule has 3 aliphatic rings. The Labute approximate surface area is 225 Å². The lowest BCUT2D eigenvalue weighted by Crippen LogP contribution is -2.73. The molecule has 2 saturated carbocycles. The number of fused-ring (bicyclic) bond motifs is 3. The van der Waals surface area contributed by atoms with Gasteiger partial charge in [0, 0.05) is 28.7 Å². The Balaban J connectivity index is 1.66. The van der Waals surface area contributed by atoms with Gasteiger partial charge in [-0.2, -0.15) is 0 Å². The molecule has 9 nitrogen and oxygen atoms in total. The number of carbonyl (C=O) groups is 3. The number of aliphatic hydroxyl groups is 3. The van der Waals surface area contributed by atoms with Crippen molar-refractivity contribution in [1.29, 1.82) is 0 Å². The summed E-state index contributed by atoms with van der Waals surface area (Å²) in [4.78, 5) is 41.0. The Kier molecular flexibility index (Phi) is 6.38. The van der Waals surface area contributed by atoms with Crippen LogP contribution in [0.4, 0.5) is 0 Å². The molecule has 0 heterocycles. The van der Waals surface area contributed by atoms with Crippen LogP contribution in [0.2, 0.25) is 0 Å². The molecule has 6 atom stereocenters. The van der Waals surface area contributed by atoms with Crippen molar-refractivity contribution in [3.05, 3.63) is 69.8 Å². The van der Waals surface area contributed by atoms with E-state index >= 15 is 0 Å². The lowest BCUT2D eigenvalue weighted by atomic mass is 9.54. The van der Waals surface area contributed by atoms with Gasteiger partial charge in [-0.1, -0.05) is 30.0 Å². The van der Waals surface area contributed by atoms with Crippen molar-refractivity contribution in [3.8, 4) is 17.6 Å². The smallest absolute Gasteiger partial charge is 0.230 e. The van der Waals surface area contributed by atoms with Crippen molar-refractivity contribution in [2.75, 3.05) is 14.1 Å². The summed E-state index contributed by atoms with van der Waals surface area (Å²) in [7, 11) is 3.23. The number of amides is 1. The number of hydrogen-bond donors (Lipinski definition) is 5. The Hall–Kier alpha value is -3.97. The largest absolute Gasteiger partial charge is 0.507 e. The molecule has 3 aliphatic carbocycles. The lowest BCUT2D eigenvalue weighted by molar-refractivity contribution is -0.184. The predicted octanol–water partition coefficient (Wildman–Crippen LogP) is 0.837. The molecule has 6 N–H and O–H groups in total. The van der Waals surface area contributed by atoms with Gasteiger partial charge in [0.1, 0.15) is 17.4 Å². The van der Waals surface area contributed by atoms with E-state index < -0.39 is 58.7 Å². The van der Waals surface area contributed by atoms with Crippen molar-refractivity contribution in [3.63, 3.8) is 0 Å². The molecule has 1 amide bonds. The van der Waals surface area contributed by atoms with Crippen LogP contribution in [0.5, 0.6) is 5.75 Å². The third-order valence-corrected chi connectivity index (χ3v) is 8.45. The number of ketones is 2. The zero-order valence-corrected chi connectivity index (χ0v) is 21.8. The number of nitrogens with two attached hydrogens (primary N) is 1. The van der Waals surface area contributed by atoms with Gasteiger partial charge in [-0.25, -0.2) is 0 Å². The number of nitrogens with zero attached hydrogens (tertiary/aromatic N) is 1. The SMILES string of the molecule is Cc1ccccc1C#Cc1ccc(O)c2c1C[C@@H]1C[C@@H]3[C@@H](N(C)C)C(O)C(C(N)=O)C(=O)[C@]3(O)C(=O)C1=C2O. The number of phenolic OH excluding ortho intramolecular Hbond substituents is 1. The molecule has 5 rings (SSSR count). The van der Waals surface area contributed by atoms with E-state index in [0.717, 1.165) is 11.1 Å². The highest BCUT2D eigenvalue weighted by Crippen LogP contribution is 2.52. The third-order valence-electron chi connectivity index (χ3n) is 8.45. The van der Waals surface area contributed by atoms with Gasteiger partial charge in [-0.3, -0.25) is 14.4 Å². The van der Waals surface area contributed by atoms with Gasteiger partial charge in [0.15, 0.2) is 11.4 Å². The van der Waals surface area contributed by atoms with Crippen molar-refractivity contribution in [2.24, 2.45) is 23.5 Å². The molecule has 9 heteroatoms. The minimum atomic E-state index is -2.68. The Bertz CT molecular complexity index is 1510. The van der Waals surface area contributed by atoms with Crippen molar-refractivity contribution < 1.29 is 34.8 Å². The second-order valence-corrected chi connectivity index (χ2v) is 10.8. The summed E-state index contributed by atoms with van der Waals surface area (Å²) in [6.45, 7) is 1.94. The standard InChI is InChI=1S/C30H30N2O7/c1-14-6-4-5-7-15(14)8-9-16-10-11-20(33)22-18(16)12-17-13-19-24(32(2)3)26(35)23(29(31)38)28(37)30(19,39)27(36)21(17)25(22)34/h4-7,10-11,17,19,23-24,26,33-35,39H,12-13H2,1-3H3,(H2,31,38)/t17-,19-,23?,24-,26?,30-/m1/s1. The number of aryl methyl sites for hydroxylation is 1. The van der Waals surface area contributed by atoms with Crippen LogP contribution in [0.3, 0.4) is 0 Å². The van der Waals surface area contributed by atoms with E-state index in [-0.39, 0.29) is 29.7 Å². The van der Waals surface area contributed by atoms with E-state index in [0.29, 0.717) is 11.1 Å². The summed E-state index contributed by atoms with van der Waals surface area (Å²) in [5, 5.41) is 44.7. The fourth-order valence-electron chi connectivity index (χ4n) is 6.57. The van der Waals surface area contributed by atoms with E-state index in [1.54, 1.807) is 25.1 Å². The van der Waals surface area contributed by atoms with E-state index in [2.05, 4.69) is 11.8 Å². The molecule has 2 unspecified atom stereocenters. The molecular weight excluding hydrogens is 500 g/mol. The Morgan fingerprint density at radius 1 is 1.08 bits per heavy atom. The first-order chi connectivity index (χ1) is 18.4. The zero-order chi connectivity index (χ0) is 28.4. The normalized spacial score (nSPS) is 29.7. The monoisotopic (exact) mass is 530 g/mol. The van der Waals surface area contributed by atoms with Crippen LogP contribution in [-0.2, 0) is 20.8 Å². The van der Waals surface area contributed by atoms with Gasteiger partial charge in [0.25, 0.3) is 0 Å². The fourth-order valence-corrected chi connectivity index (χ4v) is 6.57. The van der Waals surface area contributed by atoms with E-state index in [1.807, 2.05) is 31.2 Å². The van der Waals surface area contributed by atoms with Gasteiger partial charge >= 0.3 is 0 Å². The van der Waals surface area contributed by atoms with Crippen LogP contribution < -0.4 is 5.73 Å². The summed E-state index contributed by atoms with van der Waals surface area (Å²) in [5.41, 5.74) is 5.47. The maximum atomic E-state index is 13.9. The highest BCUT2D eigenvalue weighted by atomic mass is 16.3. The minimum Gasteiger partial charge on any atom is -0.507 e. The fraction of sp³-hybridized carbons (Fsp3) is 0.367. The molecule has 2 aromatic rings. The second-order valence-electron chi connectivity index (χ2n) is 10.8. The predicted molar refractivity (Wildman–Crippen MR) is 141 cm³/mol. The molecule has 2 fully saturated rings. The number of likely N-dealkylation sites (N-methyl/N-ethyl adjacent to an activating group) is 1. The number of carbonyl (C=O) groups excluding carboxylic acids is 3. The molecule has 202 valence electrons. The average molecular weight is 531 g/mol. The zero-order valence-electron chi connectivity index (χ0n) is 21.8. The van der Waals surface area contributed by atoms with Crippen molar-refractivity contribution in [2.45, 2.75) is 37.5 Å². The molecule has 0 aliphatic heterocycles. The number of aromatic hydroxyl groups is 1. The lowest BCUT2D eigenvalue weighted by Gasteiger charge is -2.53. The number of primary amides is 1. The molecule has 0 spiro atoms. The Morgan fingerprint density at radius 2 is 1.74 bits per heavy atom. The molecular formula is C30H30N2O7. The number of hydrogen-bond acceptors (Lipinski definition) is 8. The summed E-state index contributed by atoms with van der Waals surface area (Å²) >= 11 is 0. The maximum Gasteiger partial charge on any atom is 0.230 e. The summed E-state index contributed by atoms with van der Waals surface area (Å²) in [6, 6.07) is 9.69. The van der Waals surface area contributed by atoms with Crippen molar-refractivity contribution >= 4 is 23.2 Å². The molecule has 2 aromatic carbocycles. The number of aliphatic hydroxyl groups excluding tert-OH is 2. The molecule has 39 heavy (non-hydrogen) atoms. The van der Waals surface area contributed by atoms with Crippen LogP contribution in [0.1, 0.15) is 34.2 Å².